The molecule has 0 saturated carbocycles. The molecular formula is C19H22Cl2N4S. The van der Waals surface area contributed by atoms with Gasteiger partial charge >= 0.3 is 0 Å². The lowest BCUT2D eigenvalue weighted by Gasteiger charge is -2.35. The molecule has 138 valence electrons. The molecule has 0 aliphatic carbocycles. The smallest absolute Gasteiger partial charge is 0.127 e. The molecular weight excluding hydrogens is 387 g/mol. The largest absolute Gasteiger partial charge is 0.337 e. The Bertz CT molecular complexity index is 861. The summed E-state index contributed by atoms with van der Waals surface area (Å²) in [5, 5.41) is 4.30. The number of nitrogens with zero attached hydrogens (tertiary/aromatic N) is 3. The fourth-order valence-corrected chi connectivity index (χ4v) is 4.72. The molecule has 4 rings (SSSR count). The molecule has 0 spiro atoms. The number of benzene rings is 1. The molecule has 1 aliphatic rings. The second-order valence-corrected chi connectivity index (χ2v) is 7.91. The minimum atomic E-state index is 0. The number of aromatic nitrogens is 2. The van der Waals surface area contributed by atoms with E-state index < -0.39 is 0 Å². The van der Waals surface area contributed by atoms with Crippen molar-refractivity contribution in [1.82, 2.24) is 19.8 Å². The first-order valence-corrected chi connectivity index (χ1v) is 9.67. The average molecular weight is 409 g/mol. The second-order valence-electron chi connectivity index (χ2n) is 6.33. The molecule has 1 aromatic carbocycles. The van der Waals surface area contributed by atoms with Gasteiger partial charge in [0.2, 0.25) is 0 Å². The number of hydrogen-bond acceptors (Lipinski definition) is 4. The lowest BCUT2D eigenvalue weighted by Crippen LogP contribution is -2.46. The summed E-state index contributed by atoms with van der Waals surface area (Å²) in [6, 6.07) is 12.7. The summed E-state index contributed by atoms with van der Waals surface area (Å²) in [6.45, 7) is 3.92. The summed E-state index contributed by atoms with van der Waals surface area (Å²) >= 11 is 8.17. The van der Waals surface area contributed by atoms with Crippen molar-refractivity contribution in [3.63, 3.8) is 0 Å². The van der Waals surface area contributed by atoms with E-state index in [1.807, 2.05) is 41.9 Å². The molecule has 1 N–H and O–H groups in total. The number of imidazole rings is 1. The van der Waals surface area contributed by atoms with Gasteiger partial charge in [-0.3, -0.25) is 4.90 Å². The Kier molecular flexibility index (Phi) is 6.37. The third kappa shape index (κ3) is 3.97. The molecule has 2 aromatic heterocycles. The van der Waals surface area contributed by atoms with Gasteiger partial charge in [0, 0.05) is 66.0 Å². The van der Waals surface area contributed by atoms with Crippen LogP contribution in [0, 0.1) is 0 Å². The van der Waals surface area contributed by atoms with Crippen LogP contribution in [0.2, 0.25) is 5.02 Å². The quantitative estimate of drug-likeness (QED) is 0.695. The first-order chi connectivity index (χ1) is 12.2. The Hall–Kier alpha value is -1.37. The molecule has 4 nitrogen and oxygen atoms in total. The van der Waals surface area contributed by atoms with E-state index in [0.29, 0.717) is 6.04 Å². The van der Waals surface area contributed by atoms with E-state index in [1.165, 1.54) is 9.75 Å². The summed E-state index contributed by atoms with van der Waals surface area (Å²) in [7, 11) is 2.07. The summed E-state index contributed by atoms with van der Waals surface area (Å²) in [4.78, 5) is 9.66. The number of halogens is 2. The van der Waals surface area contributed by atoms with Gasteiger partial charge in [0.15, 0.2) is 0 Å². The number of rotatable bonds is 4. The van der Waals surface area contributed by atoms with Gasteiger partial charge in [-0.1, -0.05) is 29.8 Å². The van der Waals surface area contributed by atoms with Crippen LogP contribution >= 0.6 is 35.3 Å². The van der Waals surface area contributed by atoms with E-state index in [1.54, 1.807) is 0 Å². The molecule has 1 atom stereocenters. The van der Waals surface area contributed by atoms with Crippen molar-refractivity contribution in [2.24, 2.45) is 7.05 Å². The SMILES string of the molecule is Cl.Cn1ccnc1C1CNCCN1Cc1ccc(-c2ccccc2Cl)s1. The molecule has 26 heavy (non-hydrogen) atoms. The van der Waals surface area contributed by atoms with Gasteiger partial charge in [0.05, 0.1) is 6.04 Å². The Morgan fingerprint density at radius 3 is 2.88 bits per heavy atom. The molecule has 1 aliphatic heterocycles. The van der Waals surface area contributed by atoms with Crippen LogP contribution in [0.3, 0.4) is 0 Å². The van der Waals surface area contributed by atoms with E-state index in [4.69, 9.17) is 11.6 Å². The highest BCUT2D eigenvalue weighted by Crippen LogP contribution is 2.34. The van der Waals surface area contributed by atoms with Crippen molar-refractivity contribution < 1.29 is 0 Å². The number of piperazine rings is 1. The molecule has 3 aromatic rings. The minimum Gasteiger partial charge on any atom is -0.337 e. The Morgan fingerprint density at radius 2 is 2.12 bits per heavy atom. The van der Waals surface area contributed by atoms with E-state index in [0.717, 1.165) is 42.6 Å². The summed E-state index contributed by atoms with van der Waals surface area (Å²) < 4.78 is 2.12. The first-order valence-electron chi connectivity index (χ1n) is 8.48. The van der Waals surface area contributed by atoms with Gasteiger partial charge in [0.25, 0.3) is 0 Å². The lowest BCUT2D eigenvalue weighted by atomic mass is 10.1. The molecule has 0 bridgehead atoms. The molecule has 1 unspecified atom stereocenters. The monoisotopic (exact) mass is 408 g/mol. The van der Waals surface area contributed by atoms with Crippen LogP contribution < -0.4 is 5.32 Å². The second kappa shape index (κ2) is 8.55. The van der Waals surface area contributed by atoms with Crippen molar-refractivity contribution in [3.8, 4) is 10.4 Å². The van der Waals surface area contributed by atoms with Crippen molar-refractivity contribution in [1.29, 1.82) is 0 Å². The lowest BCUT2D eigenvalue weighted by molar-refractivity contribution is 0.146. The zero-order valence-electron chi connectivity index (χ0n) is 14.6. The molecule has 3 heterocycles. The minimum absolute atomic E-state index is 0. The maximum absolute atomic E-state index is 6.35. The highest BCUT2D eigenvalue weighted by Gasteiger charge is 2.27. The Morgan fingerprint density at radius 1 is 1.27 bits per heavy atom. The van der Waals surface area contributed by atoms with Crippen LogP contribution in [0.5, 0.6) is 0 Å². The topological polar surface area (TPSA) is 33.1 Å². The van der Waals surface area contributed by atoms with E-state index in [2.05, 4.69) is 45.0 Å². The van der Waals surface area contributed by atoms with E-state index in [-0.39, 0.29) is 12.4 Å². The zero-order valence-corrected chi connectivity index (χ0v) is 16.9. The van der Waals surface area contributed by atoms with E-state index in [9.17, 15) is 0 Å². The van der Waals surface area contributed by atoms with Gasteiger partial charge in [-0.25, -0.2) is 4.98 Å². The normalized spacial score (nSPS) is 17.8. The van der Waals surface area contributed by atoms with Gasteiger partial charge in [0.1, 0.15) is 5.82 Å². The molecule has 0 amide bonds. The third-order valence-corrected chi connectivity index (χ3v) is 6.10. The van der Waals surface area contributed by atoms with Crippen molar-refractivity contribution >= 4 is 35.3 Å². The van der Waals surface area contributed by atoms with Crippen molar-refractivity contribution in [3.05, 3.63) is 64.5 Å². The van der Waals surface area contributed by atoms with Crippen molar-refractivity contribution in [2.75, 3.05) is 19.6 Å². The number of hydrogen-bond donors (Lipinski definition) is 1. The van der Waals surface area contributed by atoms with Crippen LogP contribution in [0.4, 0.5) is 0 Å². The highest BCUT2D eigenvalue weighted by molar-refractivity contribution is 7.15. The van der Waals surface area contributed by atoms with Gasteiger partial charge in [-0.05, 0) is 18.2 Å². The maximum atomic E-state index is 6.35. The van der Waals surface area contributed by atoms with Gasteiger partial charge < -0.3 is 9.88 Å². The zero-order chi connectivity index (χ0) is 17.2. The van der Waals surface area contributed by atoms with Crippen LogP contribution in [-0.4, -0.2) is 34.1 Å². The first kappa shape index (κ1) is 19.4. The maximum Gasteiger partial charge on any atom is 0.127 e. The van der Waals surface area contributed by atoms with Crippen LogP contribution in [-0.2, 0) is 13.6 Å². The molecule has 1 fully saturated rings. The van der Waals surface area contributed by atoms with Crippen LogP contribution in [0.15, 0.2) is 48.8 Å². The fourth-order valence-electron chi connectivity index (χ4n) is 3.36. The predicted molar refractivity (Wildman–Crippen MR) is 111 cm³/mol. The number of nitrogens with one attached hydrogen (secondary N) is 1. The Balaban J connectivity index is 0.00000196. The number of aryl methyl sites for hydroxylation is 1. The molecule has 0 radical (unpaired) electrons. The van der Waals surface area contributed by atoms with Crippen LogP contribution in [0.1, 0.15) is 16.7 Å². The standard InChI is InChI=1S/C19H21ClN4S.ClH/c1-23-10-9-22-19(23)17-12-21-8-11-24(17)13-14-6-7-18(25-14)15-4-2-3-5-16(15)20;/h2-7,9-10,17,21H,8,11-13H2,1H3;1H. The van der Waals surface area contributed by atoms with Crippen molar-refractivity contribution in [2.45, 2.75) is 12.6 Å². The summed E-state index contributed by atoms with van der Waals surface area (Å²) in [5.41, 5.74) is 1.11. The summed E-state index contributed by atoms with van der Waals surface area (Å²) in [6.07, 6.45) is 3.89. The van der Waals surface area contributed by atoms with Crippen LogP contribution in [0.25, 0.3) is 10.4 Å². The average Bonchev–Trinajstić information content (AvgIpc) is 3.25. The third-order valence-electron chi connectivity index (χ3n) is 4.67. The highest BCUT2D eigenvalue weighted by atomic mass is 35.5. The number of thiophene rings is 1. The molecule has 7 heteroatoms. The predicted octanol–water partition coefficient (Wildman–Crippen LogP) is 4.37. The summed E-state index contributed by atoms with van der Waals surface area (Å²) in [5.74, 6) is 1.12. The van der Waals surface area contributed by atoms with Gasteiger partial charge in [-0.15, -0.1) is 23.7 Å². The van der Waals surface area contributed by atoms with E-state index >= 15 is 0 Å². The Labute approximate surface area is 169 Å². The fraction of sp³-hybridized carbons (Fsp3) is 0.316. The molecule has 1 saturated heterocycles. The van der Waals surface area contributed by atoms with Gasteiger partial charge in [-0.2, -0.15) is 0 Å².